The third-order valence-corrected chi connectivity index (χ3v) is 3.63. The number of aromatic nitrogens is 4. The van der Waals surface area contributed by atoms with Gasteiger partial charge in [-0.3, -0.25) is 4.79 Å². The van der Waals surface area contributed by atoms with Crippen LogP contribution in [0.25, 0.3) is 5.78 Å². The molecular formula is C17H16N4O3. The summed E-state index contributed by atoms with van der Waals surface area (Å²) in [7, 11) is 0. The van der Waals surface area contributed by atoms with Gasteiger partial charge in [0, 0.05) is 17.5 Å². The molecular weight excluding hydrogens is 308 g/mol. The molecule has 2 heterocycles. The topological polar surface area (TPSA) is 86.5 Å². The molecule has 1 aromatic carbocycles. The van der Waals surface area contributed by atoms with Crippen molar-refractivity contribution in [2.75, 3.05) is 6.61 Å². The van der Waals surface area contributed by atoms with E-state index in [0.29, 0.717) is 11.3 Å². The van der Waals surface area contributed by atoms with E-state index in [1.165, 1.54) is 4.52 Å². The summed E-state index contributed by atoms with van der Waals surface area (Å²) in [5.41, 5.74) is 3.24. The number of Topliss-reactive ketones (excluding diaryl/α,β-unsaturated/α-hetero) is 1. The van der Waals surface area contributed by atoms with Crippen molar-refractivity contribution in [3.05, 3.63) is 58.7 Å². The van der Waals surface area contributed by atoms with E-state index >= 15 is 0 Å². The number of carbonyl (C=O) groups excluding carboxylic acids is 2. The fourth-order valence-electron chi connectivity index (χ4n) is 2.39. The number of hydrogen-bond acceptors (Lipinski definition) is 6. The van der Waals surface area contributed by atoms with E-state index in [4.69, 9.17) is 4.74 Å². The highest BCUT2D eigenvalue weighted by atomic mass is 16.5. The number of benzene rings is 1. The molecule has 3 aromatic rings. The Bertz CT molecular complexity index is 946. The lowest BCUT2D eigenvalue weighted by molar-refractivity contribution is 0.0462. The third-order valence-electron chi connectivity index (χ3n) is 3.63. The predicted octanol–water partition coefficient (Wildman–Crippen LogP) is 2.09. The SMILES string of the molecule is Cc1ccc(C(=O)COC(=O)c2nc3nccc(C)n3n2)c(C)c1. The van der Waals surface area contributed by atoms with Gasteiger partial charge in [0.25, 0.3) is 11.6 Å². The van der Waals surface area contributed by atoms with Gasteiger partial charge in [-0.1, -0.05) is 23.8 Å². The maximum Gasteiger partial charge on any atom is 0.378 e. The van der Waals surface area contributed by atoms with Crippen molar-refractivity contribution in [2.45, 2.75) is 20.8 Å². The Kier molecular flexibility index (Phi) is 4.07. The minimum absolute atomic E-state index is 0.120. The number of esters is 1. The van der Waals surface area contributed by atoms with Crippen LogP contribution in [0, 0.1) is 20.8 Å². The van der Waals surface area contributed by atoms with Gasteiger partial charge in [-0.2, -0.15) is 4.98 Å². The van der Waals surface area contributed by atoms with Gasteiger partial charge < -0.3 is 4.74 Å². The highest BCUT2D eigenvalue weighted by molar-refractivity contribution is 6.00. The lowest BCUT2D eigenvalue weighted by Gasteiger charge is -2.06. The number of ketones is 1. The van der Waals surface area contributed by atoms with Crippen LogP contribution in [0.3, 0.4) is 0 Å². The number of carbonyl (C=O) groups is 2. The predicted molar refractivity (Wildman–Crippen MR) is 86.0 cm³/mol. The maximum absolute atomic E-state index is 12.2. The van der Waals surface area contributed by atoms with Crippen LogP contribution >= 0.6 is 0 Å². The summed E-state index contributed by atoms with van der Waals surface area (Å²) in [6.45, 7) is 5.26. The van der Waals surface area contributed by atoms with Gasteiger partial charge in [-0.25, -0.2) is 14.3 Å². The van der Waals surface area contributed by atoms with Gasteiger partial charge >= 0.3 is 5.97 Å². The minimum atomic E-state index is -0.752. The lowest BCUT2D eigenvalue weighted by Crippen LogP contribution is -2.16. The molecule has 0 unspecified atom stereocenters. The summed E-state index contributed by atoms with van der Waals surface area (Å²) in [4.78, 5) is 32.3. The van der Waals surface area contributed by atoms with Crippen LogP contribution < -0.4 is 0 Å². The van der Waals surface area contributed by atoms with Crippen molar-refractivity contribution in [3.8, 4) is 0 Å². The first-order valence-electron chi connectivity index (χ1n) is 7.41. The first-order valence-corrected chi connectivity index (χ1v) is 7.41. The molecule has 0 radical (unpaired) electrons. The standard InChI is InChI=1S/C17H16N4O3/c1-10-4-5-13(11(2)8-10)14(22)9-24-16(23)15-19-17-18-7-6-12(3)21(17)20-15/h4-8H,9H2,1-3H3. The van der Waals surface area contributed by atoms with E-state index in [1.807, 2.05) is 32.9 Å². The molecule has 2 aromatic heterocycles. The van der Waals surface area contributed by atoms with Crippen molar-refractivity contribution in [2.24, 2.45) is 0 Å². The molecule has 7 heteroatoms. The summed E-state index contributed by atoms with van der Waals surface area (Å²) < 4.78 is 6.49. The molecule has 0 aliphatic heterocycles. The molecule has 0 aliphatic carbocycles. The number of hydrogen-bond donors (Lipinski definition) is 0. The Labute approximate surface area is 138 Å². The third kappa shape index (κ3) is 3.01. The summed E-state index contributed by atoms with van der Waals surface area (Å²) in [5.74, 6) is -0.829. The average Bonchev–Trinajstić information content (AvgIpc) is 2.98. The summed E-state index contributed by atoms with van der Waals surface area (Å²) in [6, 6.07) is 7.24. The van der Waals surface area contributed by atoms with Crippen LogP contribution in [-0.2, 0) is 4.74 Å². The molecule has 0 spiro atoms. The molecule has 0 aliphatic rings. The molecule has 0 N–H and O–H groups in total. The Morgan fingerprint density at radius 3 is 2.67 bits per heavy atom. The molecule has 3 rings (SSSR count). The van der Waals surface area contributed by atoms with Crippen LogP contribution in [0.2, 0.25) is 0 Å². The summed E-state index contributed by atoms with van der Waals surface area (Å²) >= 11 is 0. The average molecular weight is 324 g/mol. The van der Waals surface area contributed by atoms with E-state index in [0.717, 1.165) is 16.8 Å². The van der Waals surface area contributed by atoms with Gasteiger partial charge in [0.2, 0.25) is 5.78 Å². The van der Waals surface area contributed by atoms with Gasteiger partial charge in [0.1, 0.15) is 0 Å². The minimum Gasteiger partial charge on any atom is -0.451 e. The van der Waals surface area contributed by atoms with Crippen LogP contribution in [0.5, 0.6) is 0 Å². The second-order valence-electron chi connectivity index (χ2n) is 5.55. The Morgan fingerprint density at radius 1 is 1.17 bits per heavy atom. The highest BCUT2D eigenvalue weighted by Gasteiger charge is 2.18. The second kappa shape index (κ2) is 6.19. The van der Waals surface area contributed by atoms with Gasteiger partial charge in [0.05, 0.1) is 0 Å². The monoisotopic (exact) mass is 324 g/mol. The zero-order valence-corrected chi connectivity index (χ0v) is 13.6. The smallest absolute Gasteiger partial charge is 0.378 e. The van der Waals surface area contributed by atoms with Crippen LogP contribution in [-0.4, -0.2) is 37.9 Å². The zero-order valence-electron chi connectivity index (χ0n) is 13.6. The van der Waals surface area contributed by atoms with Crippen molar-refractivity contribution in [3.63, 3.8) is 0 Å². The van der Waals surface area contributed by atoms with Crippen molar-refractivity contribution in [1.29, 1.82) is 0 Å². The molecule has 0 saturated heterocycles. The van der Waals surface area contributed by atoms with Crippen LogP contribution in [0.15, 0.2) is 30.5 Å². The quantitative estimate of drug-likeness (QED) is 0.539. The Balaban J connectivity index is 1.72. The molecule has 0 amide bonds. The number of fused-ring (bicyclic) bond motifs is 1. The van der Waals surface area contributed by atoms with E-state index in [-0.39, 0.29) is 18.2 Å². The number of ether oxygens (including phenoxy) is 1. The zero-order chi connectivity index (χ0) is 17.3. The van der Waals surface area contributed by atoms with E-state index in [1.54, 1.807) is 18.3 Å². The van der Waals surface area contributed by atoms with E-state index in [2.05, 4.69) is 15.1 Å². The first kappa shape index (κ1) is 15.8. The maximum atomic E-state index is 12.2. The Hall–Kier alpha value is -3.09. The van der Waals surface area contributed by atoms with Crippen molar-refractivity contribution in [1.82, 2.24) is 19.6 Å². The molecule has 24 heavy (non-hydrogen) atoms. The number of aryl methyl sites for hydroxylation is 3. The lowest BCUT2D eigenvalue weighted by atomic mass is 10.0. The first-order chi connectivity index (χ1) is 11.5. The highest BCUT2D eigenvalue weighted by Crippen LogP contribution is 2.12. The number of rotatable bonds is 4. The van der Waals surface area contributed by atoms with Crippen LogP contribution in [0.1, 0.15) is 37.8 Å². The van der Waals surface area contributed by atoms with Gasteiger partial charge in [0.15, 0.2) is 6.61 Å². The van der Waals surface area contributed by atoms with Gasteiger partial charge in [-0.15, -0.1) is 5.10 Å². The largest absolute Gasteiger partial charge is 0.451 e. The molecule has 0 bridgehead atoms. The van der Waals surface area contributed by atoms with Crippen LogP contribution in [0.4, 0.5) is 0 Å². The molecule has 0 fully saturated rings. The van der Waals surface area contributed by atoms with Crippen molar-refractivity contribution >= 4 is 17.5 Å². The summed E-state index contributed by atoms with van der Waals surface area (Å²) in [5, 5.41) is 4.05. The van der Waals surface area contributed by atoms with Crippen molar-refractivity contribution < 1.29 is 14.3 Å². The van der Waals surface area contributed by atoms with E-state index < -0.39 is 5.97 Å². The van der Waals surface area contributed by atoms with E-state index in [9.17, 15) is 9.59 Å². The second-order valence-corrected chi connectivity index (χ2v) is 5.55. The van der Waals surface area contributed by atoms with Gasteiger partial charge in [-0.05, 0) is 32.4 Å². The normalized spacial score (nSPS) is 10.8. The molecule has 122 valence electrons. The molecule has 7 nitrogen and oxygen atoms in total. The fraction of sp³-hybridized carbons (Fsp3) is 0.235. The Morgan fingerprint density at radius 2 is 1.96 bits per heavy atom. The molecule has 0 saturated carbocycles. The molecule has 0 atom stereocenters. The number of nitrogens with zero attached hydrogens (tertiary/aromatic N) is 4. The fourth-order valence-corrected chi connectivity index (χ4v) is 2.39. The summed E-state index contributed by atoms with van der Waals surface area (Å²) in [6.07, 6.45) is 1.58.